The van der Waals surface area contributed by atoms with Crippen molar-refractivity contribution in [2.24, 2.45) is 0 Å². The molecule has 1 heterocycles. The molecular formula is C11H23NO2S2. The topological polar surface area (TPSA) is 46.2 Å². The van der Waals surface area contributed by atoms with E-state index in [1.54, 1.807) is 20.8 Å². The molecule has 0 bridgehead atoms. The molecule has 0 aliphatic carbocycles. The van der Waals surface area contributed by atoms with Gasteiger partial charge in [-0.25, -0.2) is 8.42 Å². The van der Waals surface area contributed by atoms with Crippen molar-refractivity contribution in [3.8, 4) is 0 Å². The van der Waals surface area contributed by atoms with E-state index in [1.165, 1.54) is 24.3 Å². The standard InChI is InChI=1S/C11H23NO2S2/c1-11(2,3)16(13,14)9-6-12-10-4-7-15-8-5-10/h10,12H,4-9H2,1-3H3. The van der Waals surface area contributed by atoms with Crippen LogP contribution in [0.5, 0.6) is 0 Å². The average molecular weight is 265 g/mol. The molecular weight excluding hydrogens is 242 g/mol. The maximum absolute atomic E-state index is 11.8. The predicted octanol–water partition coefficient (Wildman–Crippen LogP) is 1.68. The van der Waals surface area contributed by atoms with E-state index in [2.05, 4.69) is 5.32 Å². The Hall–Kier alpha value is 0.260. The fourth-order valence-electron chi connectivity index (χ4n) is 1.61. The lowest BCUT2D eigenvalue weighted by Crippen LogP contribution is -2.39. The second-order valence-corrected chi connectivity index (χ2v) is 9.36. The Morgan fingerprint density at radius 1 is 1.25 bits per heavy atom. The molecule has 0 radical (unpaired) electrons. The van der Waals surface area contributed by atoms with E-state index in [9.17, 15) is 8.42 Å². The van der Waals surface area contributed by atoms with Gasteiger partial charge in [-0.1, -0.05) is 0 Å². The highest BCUT2D eigenvalue weighted by atomic mass is 32.2. The molecule has 0 amide bonds. The lowest BCUT2D eigenvalue weighted by atomic mass is 10.1. The summed E-state index contributed by atoms with van der Waals surface area (Å²) in [7, 11) is -2.97. The van der Waals surface area contributed by atoms with Crippen molar-refractivity contribution in [1.82, 2.24) is 5.32 Å². The van der Waals surface area contributed by atoms with E-state index in [1.807, 2.05) is 11.8 Å². The molecule has 1 aliphatic heterocycles. The van der Waals surface area contributed by atoms with Crippen LogP contribution in [0.15, 0.2) is 0 Å². The van der Waals surface area contributed by atoms with E-state index in [4.69, 9.17) is 0 Å². The molecule has 0 aromatic carbocycles. The maximum atomic E-state index is 11.8. The van der Waals surface area contributed by atoms with Gasteiger partial charge in [0, 0.05) is 12.6 Å². The molecule has 1 rings (SSSR count). The first kappa shape index (κ1) is 14.3. The third-order valence-corrected chi connectivity index (χ3v) is 6.61. The molecule has 0 aromatic rings. The summed E-state index contributed by atoms with van der Waals surface area (Å²) >= 11 is 1.98. The summed E-state index contributed by atoms with van der Waals surface area (Å²) in [4.78, 5) is 0. The molecule has 0 unspecified atom stereocenters. The number of sulfone groups is 1. The van der Waals surface area contributed by atoms with Gasteiger partial charge in [0.1, 0.15) is 0 Å². The van der Waals surface area contributed by atoms with Crippen LogP contribution in [0.25, 0.3) is 0 Å². The minimum atomic E-state index is -2.97. The smallest absolute Gasteiger partial charge is 0.156 e. The third-order valence-electron chi connectivity index (χ3n) is 2.96. The van der Waals surface area contributed by atoms with Crippen LogP contribution in [0.4, 0.5) is 0 Å². The monoisotopic (exact) mass is 265 g/mol. The predicted molar refractivity (Wildman–Crippen MR) is 71.9 cm³/mol. The number of thioether (sulfide) groups is 1. The van der Waals surface area contributed by atoms with Gasteiger partial charge in [0.05, 0.1) is 10.5 Å². The fraction of sp³-hybridized carbons (Fsp3) is 1.00. The Balaban J connectivity index is 2.29. The zero-order valence-corrected chi connectivity index (χ0v) is 12.1. The first-order chi connectivity index (χ1) is 7.33. The summed E-state index contributed by atoms with van der Waals surface area (Å²) < 4.78 is 23.1. The van der Waals surface area contributed by atoms with Gasteiger partial charge in [-0.2, -0.15) is 11.8 Å². The normalized spacial score (nSPS) is 19.9. The highest BCUT2D eigenvalue weighted by molar-refractivity contribution is 7.99. The molecule has 3 nitrogen and oxygen atoms in total. The number of nitrogens with one attached hydrogen (secondary N) is 1. The van der Waals surface area contributed by atoms with Crippen LogP contribution in [-0.2, 0) is 9.84 Å². The van der Waals surface area contributed by atoms with Gasteiger partial charge >= 0.3 is 0 Å². The van der Waals surface area contributed by atoms with E-state index >= 15 is 0 Å². The van der Waals surface area contributed by atoms with Gasteiger partial charge in [0.15, 0.2) is 9.84 Å². The van der Waals surface area contributed by atoms with Crippen molar-refractivity contribution in [1.29, 1.82) is 0 Å². The Labute approximate surface area is 104 Å². The molecule has 5 heteroatoms. The molecule has 0 aromatic heterocycles. The molecule has 96 valence electrons. The zero-order valence-electron chi connectivity index (χ0n) is 10.5. The van der Waals surface area contributed by atoms with Crippen molar-refractivity contribution in [3.05, 3.63) is 0 Å². The van der Waals surface area contributed by atoms with Crippen molar-refractivity contribution in [2.75, 3.05) is 23.8 Å². The maximum Gasteiger partial charge on any atom is 0.156 e. The van der Waals surface area contributed by atoms with Gasteiger partial charge in [-0.15, -0.1) is 0 Å². The molecule has 1 saturated heterocycles. The molecule has 0 saturated carbocycles. The van der Waals surface area contributed by atoms with Gasteiger partial charge in [0.25, 0.3) is 0 Å². The zero-order chi connectivity index (χ0) is 12.2. The van der Waals surface area contributed by atoms with Gasteiger partial charge < -0.3 is 5.32 Å². The highest BCUT2D eigenvalue weighted by Crippen LogP contribution is 2.18. The van der Waals surface area contributed by atoms with Crippen LogP contribution in [0.2, 0.25) is 0 Å². The molecule has 16 heavy (non-hydrogen) atoms. The van der Waals surface area contributed by atoms with Gasteiger partial charge in [-0.3, -0.25) is 0 Å². The van der Waals surface area contributed by atoms with Crippen LogP contribution in [-0.4, -0.2) is 43.0 Å². The minimum absolute atomic E-state index is 0.250. The molecule has 0 atom stereocenters. The lowest BCUT2D eigenvalue weighted by molar-refractivity contribution is 0.492. The van der Waals surface area contributed by atoms with E-state index in [0.717, 1.165) is 0 Å². The number of hydrogen-bond donors (Lipinski definition) is 1. The number of hydrogen-bond acceptors (Lipinski definition) is 4. The largest absolute Gasteiger partial charge is 0.313 e. The second-order valence-electron chi connectivity index (χ2n) is 5.27. The molecule has 1 N–H and O–H groups in total. The van der Waals surface area contributed by atoms with E-state index < -0.39 is 14.6 Å². The van der Waals surface area contributed by atoms with Gasteiger partial charge in [0.2, 0.25) is 0 Å². The van der Waals surface area contributed by atoms with Crippen molar-refractivity contribution in [2.45, 2.75) is 44.4 Å². The lowest BCUT2D eigenvalue weighted by Gasteiger charge is -2.24. The number of rotatable bonds is 4. The second kappa shape index (κ2) is 5.74. The first-order valence-corrected chi connectivity index (χ1v) is 8.67. The Bertz CT molecular complexity index is 300. The van der Waals surface area contributed by atoms with Crippen LogP contribution in [0, 0.1) is 0 Å². The highest BCUT2D eigenvalue weighted by Gasteiger charge is 2.28. The molecule has 0 spiro atoms. The SMILES string of the molecule is CC(C)(C)S(=O)(=O)CCNC1CCSCC1. The van der Waals surface area contributed by atoms with Crippen molar-refractivity contribution < 1.29 is 8.42 Å². The Morgan fingerprint density at radius 3 is 2.31 bits per heavy atom. The summed E-state index contributed by atoms with van der Waals surface area (Å²) in [6.45, 7) is 5.88. The third kappa shape index (κ3) is 4.26. The summed E-state index contributed by atoms with van der Waals surface area (Å²) in [5, 5.41) is 3.36. The summed E-state index contributed by atoms with van der Waals surface area (Å²) in [6.07, 6.45) is 2.33. The fourth-order valence-corrected chi connectivity index (χ4v) is 3.71. The van der Waals surface area contributed by atoms with Gasteiger partial charge in [-0.05, 0) is 45.1 Å². The Morgan fingerprint density at radius 2 is 1.81 bits per heavy atom. The van der Waals surface area contributed by atoms with Crippen molar-refractivity contribution >= 4 is 21.6 Å². The summed E-state index contributed by atoms with van der Waals surface area (Å²) in [5.74, 6) is 2.65. The van der Waals surface area contributed by atoms with E-state index in [0.29, 0.717) is 12.6 Å². The molecule has 1 aliphatic rings. The van der Waals surface area contributed by atoms with E-state index in [-0.39, 0.29) is 5.75 Å². The summed E-state index contributed by atoms with van der Waals surface area (Å²) in [5.41, 5.74) is 0. The Kier molecular flexibility index (Phi) is 5.13. The quantitative estimate of drug-likeness (QED) is 0.840. The van der Waals surface area contributed by atoms with Crippen LogP contribution in [0.3, 0.4) is 0 Å². The van der Waals surface area contributed by atoms with Crippen LogP contribution < -0.4 is 5.32 Å². The van der Waals surface area contributed by atoms with Crippen LogP contribution >= 0.6 is 11.8 Å². The molecule has 1 fully saturated rings. The van der Waals surface area contributed by atoms with Crippen LogP contribution in [0.1, 0.15) is 33.6 Å². The minimum Gasteiger partial charge on any atom is -0.313 e. The average Bonchev–Trinajstić information content (AvgIpc) is 2.17. The van der Waals surface area contributed by atoms with Crippen molar-refractivity contribution in [3.63, 3.8) is 0 Å². The summed E-state index contributed by atoms with van der Waals surface area (Å²) in [6, 6.07) is 0.524. The first-order valence-electron chi connectivity index (χ1n) is 5.86.